The van der Waals surface area contributed by atoms with Gasteiger partial charge in [-0.3, -0.25) is 5.32 Å². The van der Waals surface area contributed by atoms with Gasteiger partial charge in [-0.1, -0.05) is 20.8 Å². The Kier molecular flexibility index (Phi) is 5.67. The van der Waals surface area contributed by atoms with E-state index in [-0.39, 0.29) is 11.0 Å². The molecule has 1 aromatic rings. The van der Waals surface area contributed by atoms with Crippen LogP contribution in [0.3, 0.4) is 0 Å². The Hall–Kier alpha value is -1.67. The largest absolute Gasteiger partial charge is 0.465 e. The number of ether oxygens (including phenoxy) is 1. The molecule has 7 nitrogen and oxygen atoms in total. The summed E-state index contributed by atoms with van der Waals surface area (Å²) in [7, 11) is -1.77. The Morgan fingerprint density at radius 3 is 2.33 bits per heavy atom. The van der Waals surface area contributed by atoms with Gasteiger partial charge in [0.1, 0.15) is 6.61 Å². The fraction of sp³-hybridized carbons (Fsp3) is 0.615. The third-order valence-electron chi connectivity index (χ3n) is 3.46. The number of rotatable bonds is 6. The highest BCUT2D eigenvalue weighted by Crippen LogP contribution is 2.36. The Morgan fingerprint density at radius 2 is 1.86 bits per heavy atom. The summed E-state index contributed by atoms with van der Waals surface area (Å²) < 4.78 is 11.3. The van der Waals surface area contributed by atoms with Crippen molar-refractivity contribution in [2.75, 3.05) is 18.5 Å². The van der Waals surface area contributed by atoms with Gasteiger partial charge in [-0.15, -0.1) is 0 Å². The number of carbonyl (C=O) groups is 1. The smallest absolute Gasteiger partial charge is 0.409 e. The minimum absolute atomic E-state index is 0.160. The van der Waals surface area contributed by atoms with Gasteiger partial charge >= 0.3 is 12.1 Å². The highest BCUT2D eigenvalue weighted by molar-refractivity contribution is 6.74. The van der Waals surface area contributed by atoms with Crippen molar-refractivity contribution in [2.24, 2.45) is 0 Å². The number of nitrogens with one attached hydrogen (secondary N) is 1. The maximum absolute atomic E-state index is 10.4. The summed E-state index contributed by atoms with van der Waals surface area (Å²) in [5.74, 6) is 0. The number of hydrogen-bond donors (Lipinski definition) is 2. The van der Waals surface area contributed by atoms with Gasteiger partial charge in [0.15, 0.2) is 8.32 Å². The molecule has 0 aliphatic rings. The second-order valence-corrected chi connectivity index (χ2v) is 11.0. The maximum Gasteiger partial charge on any atom is 0.409 e. The second kappa shape index (κ2) is 6.86. The number of amides is 1. The molecule has 0 spiro atoms. The fourth-order valence-corrected chi connectivity index (χ4v) is 2.25. The van der Waals surface area contributed by atoms with Crippen LogP contribution in [0.4, 0.5) is 10.5 Å². The van der Waals surface area contributed by atoms with Gasteiger partial charge < -0.3 is 14.3 Å². The first-order valence-electron chi connectivity index (χ1n) is 6.70. The molecular formula is C13H23N3O4Si. The van der Waals surface area contributed by atoms with Crippen molar-refractivity contribution in [1.82, 2.24) is 9.97 Å². The van der Waals surface area contributed by atoms with Crippen molar-refractivity contribution in [3.8, 4) is 6.01 Å². The first-order chi connectivity index (χ1) is 9.62. The summed E-state index contributed by atoms with van der Waals surface area (Å²) in [5.41, 5.74) is 0.298. The van der Waals surface area contributed by atoms with Crippen LogP contribution >= 0.6 is 0 Å². The average molecular weight is 313 g/mol. The molecule has 1 rings (SSSR count). The number of carboxylic acid groups (broad SMARTS) is 1. The molecule has 0 aliphatic carbocycles. The molecule has 0 radical (unpaired) electrons. The normalized spacial score (nSPS) is 12.0. The lowest BCUT2D eigenvalue weighted by molar-refractivity contribution is 0.194. The van der Waals surface area contributed by atoms with E-state index in [4.69, 9.17) is 14.3 Å². The molecule has 8 heteroatoms. The van der Waals surface area contributed by atoms with E-state index in [1.54, 1.807) is 0 Å². The SMILES string of the molecule is CC(C)(C)[Si](C)(C)OCCOc1ncc(NC(=O)O)cn1. The van der Waals surface area contributed by atoms with Gasteiger partial charge in [0.2, 0.25) is 0 Å². The third kappa shape index (κ3) is 5.68. The molecule has 0 saturated carbocycles. The molecule has 118 valence electrons. The predicted molar refractivity (Wildman–Crippen MR) is 82.3 cm³/mol. The monoisotopic (exact) mass is 313 g/mol. The van der Waals surface area contributed by atoms with Gasteiger partial charge in [0, 0.05) is 0 Å². The molecule has 1 amide bonds. The average Bonchev–Trinajstić information content (AvgIpc) is 2.34. The minimum atomic E-state index is -1.77. The summed E-state index contributed by atoms with van der Waals surface area (Å²) in [4.78, 5) is 18.3. The van der Waals surface area contributed by atoms with Crippen LogP contribution in [0.2, 0.25) is 18.1 Å². The molecule has 21 heavy (non-hydrogen) atoms. The van der Waals surface area contributed by atoms with E-state index in [0.29, 0.717) is 18.9 Å². The summed E-state index contributed by atoms with van der Waals surface area (Å²) in [6, 6.07) is 0.199. The van der Waals surface area contributed by atoms with Gasteiger partial charge in [-0.05, 0) is 18.1 Å². The van der Waals surface area contributed by atoms with Crippen molar-refractivity contribution in [3.05, 3.63) is 12.4 Å². The van der Waals surface area contributed by atoms with Gasteiger partial charge in [0.05, 0.1) is 24.7 Å². The standard InChI is InChI=1S/C13H23N3O4Si/c1-13(2,3)21(4,5)20-7-6-19-11-14-8-10(9-15-11)16-12(17)18/h8-9,16H,6-7H2,1-5H3,(H,17,18). The Labute approximate surface area is 125 Å². The first kappa shape index (κ1) is 17.4. The molecule has 1 aromatic heterocycles. The summed E-state index contributed by atoms with van der Waals surface area (Å²) in [6.45, 7) is 11.7. The molecular weight excluding hydrogens is 290 g/mol. The number of hydrogen-bond acceptors (Lipinski definition) is 5. The lowest BCUT2D eigenvalue weighted by atomic mass is 10.2. The van der Waals surface area contributed by atoms with Crippen LogP contribution in [0.15, 0.2) is 12.4 Å². The lowest BCUT2D eigenvalue weighted by Crippen LogP contribution is -2.41. The van der Waals surface area contributed by atoms with Gasteiger partial charge in [-0.25, -0.2) is 14.8 Å². The molecule has 1 heterocycles. The highest BCUT2D eigenvalue weighted by atomic mass is 28.4. The number of anilines is 1. The van der Waals surface area contributed by atoms with Crippen LogP contribution in [0, 0.1) is 0 Å². The summed E-state index contributed by atoms with van der Waals surface area (Å²) in [5, 5.41) is 10.9. The van der Waals surface area contributed by atoms with Crippen LogP contribution in [0.1, 0.15) is 20.8 Å². The zero-order valence-corrected chi connectivity index (χ0v) is 14.1. The van der Waals surface area contributed by atoms with Crippen molar-refractivity contribution in [2.45, 2.75) is 38.9 Å². The van der Waals surface area contributed by atoms with E-state index in [1.807, 2.05) is 0 Å². The van der Waals surface area contributed by atoms with E-state index >= 15 is 0 Å². The van der Waals surface area contributed by atoms with Crippen LogP contribution in [0.25, 0.3) is 0 Å². The number of nitrogens with zero attached hydrogens (tertiary/aromatic N) is 2. The lowest BCUT2D eigenvalue weighted by Gasteiger charge is -2.36. The Balaban J connectivity index is 2.38. The van der Waals surface area contributed by atoms with Crippen molar-refractivity contribution < 1.29 is 19.1 Å². The first-order valence-corrected chi connectivity index (χ1v) is 9.61. The molecule has 0 unspecified atom stereocenters. The number of aromatic nitrogens is 2. The molecule has 0 aromatic carbocycles. The van der Waals surface area contributed by atoms with E-state index in [2.05, 4.69) is 49.1 Å². The van der Waals surface area contributed by atoms with Crippen molar-refractivity contribution in [1.29, 1.82) is 0 Å². The fourth-order valence-electron chi connectivity index (χ4n) is 1.23. The van der Waals surface area contributed by atoms with Crippen LogP contribution in [0.5, 0.6) is 6.01 Å². The van der Waals surface area contributed by atoms with Crippen LogP contribution < -0.4 is 10.1 Å². The van der Waals surface area contributed by atoms with Crippen LogP contribution in [-0.4, -0.2) is 42.7 Å². The molecule has 2 N–H and O–H groups in total. The predicted octanol–water partition coefficient (Wildman–Crippen LogP) is 2.97. The van der Waals surface area contributed by atoms with Crippen molar-refractivity contribution >= 4 is 20.1 Å². The van der Waals surface area contributed by atoms with Crippen molar-refractivity contribution in [3.63, 3.8) is 0 Å². The second-order valence-electron chi connectivity index (χ2n) is 6.14. The molecule has 0 atom stereocenters. The van der Waals surface area contributed by atoms with E-state index in [0.717, 1.165) is 0 Å². The summed E-state index contributed by atoms with van der Waals surface area (Å²) in [6.07, 6.45) is 1.55. The topological polar surface area (TPSA) is 93.6 Å². The molecule has 0 bridgehead atoms. The minimum Gasteiger partial charge on any atom is -0.465 e. The zero-order chi connectivity index (χ0) is 16.1. The highest BCUT2D eigenvalue weighted by Gasteiger charge is 2.36. The third-order valence-corrected chi connectivity index (χ3v) is 8.00. The van der Waals surface area contributed by atoms with Crippen LogP contribution in [-0.2, 0) is 4.43 Å². The molecule has 0 saturated heterocycles. The molecule has 0 fully saturated rings. The Bertz CT molecular complexity index is 471. The van der Waals surface area contributed by atoms with E-state index < -0.39 is 14.4 Å². The Morgan fingerprint density at radius 1 is 1.29 bits per heavy atom. The quantitative estimate of drug-likeness (QED) is 0.619. The molecule has 0 aliphatic heterocycles. The van der Waals surface area contributed by atoms with Gasteiger partial charge in [0.25, 0.3) is 0 Å². The van der Waals surface area contributed by atoms with E-state index in [1.165, 1.54) is 12.4 Å². The van der Waals surface area contributed by atoms with E-state index in [9.17, 15) is 4.79 Å². The zero-order valence-electron chi connectivity index (χ0n) is 13.1. The van der Waals surface area contributed by atoms with Gasteiger partial charge in [-0.2, -0.15) is 0 Å². The summed E-state index contributed by atoms with van der Waals surface area (Å²) >= 11 is 0. The maximum atomic E-state index is 10.4.